The third-order valence-electron chi connectivity index (χ3n) is 7.24. The van der Waals surface area contributed by atoms with E-state index < -0.39 is 29.1 Å². The molecule has 2 atom stereocenters. The largest absolute Gasteiger partial charge is 0.494 e. The molecular formula is C34H37Cl2N5O6. The molecule has 11 nitrogen and oxygen atoms in total. The molecule has 3 aromatic rings. The second-order valence-corrected chi connectivity index (χ2v) is 12.7. The minimum Gasteiger partial charge on any atom is -0.494 e. The van der Waals surface area contributed by atoms with Crippen molar-refractivity contribution < 1.29 is 28.9 Å². The van der Waals surface area contributed by atoms with E-state index in [-0.39, 0.29) is 38.4 Å². The first kappa shape index (κ1) is 35.6. The van der Waals surface area contributed by atoms with Gasteiger partial charge in [0.2, 0.25) is 5.90 Å². The summed E-state index contributed by atoms with van der Waals surface area (Å²) in [5.41, 5.74) is 9.19. The third-order valence-corrected chi connectivity index (χ3v) is 7.98. The Balaban J connectivity index is 1.78. The molecule has 0 saturated heterocycles. The normalized spacial score (nSPS) is 17.2. The second-order valence-electron chi connectivity index (χ2n) is 11.9. The monoisotopic (exact) mass is 681 g/mol. The van der Waals surface area contributed by atoms with E-state index in [9.17, 15) is 9.59 Å². The van der Waals surface area contributed by atoms with Crippen LogP contribution in [0.2, 0.25) is 10.0 Å². The highest BCUT2D eigenvalue weighted by molar-refractivity contribution is 6.42. The summed E-state index contributed by atoms with van der Waals surface area (Å²) in [4.78, 5) is 35.3. The molecule has 1 aliphatic heterocycles. The molecule has 13 heteroatoms. The van der Waals surface area contributed by atoms with Crippen LogP contribution in [0.5, 0.6) is 5.75 Å². The highest BCUT2D eigenvalue weighted by atomic mass is 35.5. The maximum Gasteiger partial charge on any atom is 0.306 e. The van der Waals surface area contributed by atoms with Crippen LogP contribution >= 0.6 is 23.2 Å². The first-order valence-electron chi connectivity index (χ1n) is 15.1. The maximum absolute atomic E-state index is 14.4. The lowest BCUT2D eigenvalue weighted by Crippen LogP contribution is -2.48. The van der Waals surface area contributed by atoms with Crippen molar-refractivity contribution in [1.82, 2.24) is 5.32 Å². The zero-order chi connectivity index (χ0) is 34.0. The number of nitrogens with one attached hydrogen (secondary N) is 1. The molecule has 47 heavy (non-hydrogen) atoms. The van der Waals surface area contributed by atoms with E-state index in [1.165, 1.54) is 0 Å². The Labute approximate surface area is 283 Å². The molecule has 3 aromatic carbocycles. The van der Waals surface area contributed by atoms with Gasteiger partial charge in [0, 0.05) is 36.5 Å². The van der Waals surface area contributed by atoms with Crippen LogP contribution in [0.4, 0.5) is 0 Å². The number of esters is 1. The topological polar surface area (TPSA) is 155 Å². The highest BCUT2D eigenvalue weighted by Crippen LogP contribution is 2.44. The Morgan fingerprint density at radius 1 is 1.11 bits per heavy atom. The van der Waals surface area contributed by atoms with Gasteiger partial charge in [0.05, 0.1) is 23.2 Å². The number of azide groups is 1. The number of hydrogen-bond acceptors (Lipinski definition) is 8. The van der Waals surface area contributed by atoms with Crippen molar-refractivity contribution in [2.24, 2.45) is 10.1 Å². The number of aliphatic hydroxyl groups is 1. The Morgan fingerprint density at radius 2 is 1.85 bits per heavy atom. The summed E-state index contributed by atoms with van der Waals surface area (Å²) in [6.07, 6.45) is -0.697. The molecule has 1 amide bonds. The quantitative estimate of drug-likeness (QED) is 0.0600. The number of aliphatic hydroxyl groups excluding tert-OH is 1. The summed E-state index contributed by atoms with van der Waals surface area (Å²) < 4.78 is 17.8. The number of nitrogens with zero attached hydrogens (tertiary/aromatic N) is 4. The first-order chi connectivity index (χ1) is 22.5. The number of aliphatic imine (C=N–C) groups is 1. The summed E-state index contributed by atoms with van der Waals surface area (Å²) in [6.45, 7) is 5.78. The molecule has 0 aliphatic carbocycles. The Hall–Kier alpha value is -4.28. The lowest BCUT2D eigenvalue weighted by atomic mass is 9.81. The van der Waals surface area contributed by atoms with Gasteiger partial charge in [0.25, 0.3) is 5.91 Å². The van der Waals surface area contributed by atoms with Gasteiger partial charge in [-0.1, -0.05) is 58.6 Å². The summed E-state index contributed by atoms with van der Waals surface area (Å²) in [6, 6.07) is 19.2. The van der Waals surface area contributed by atoms with E-state index in [2.05, 4.69) is 15.3 Å². The molecular weight excluding hydrogens is 645 g/mol. The van der Waals surface area contributed by atoms with Crippen LogP contribution in [0, 0.1) is 0 Å². The third kappa shape index (κ3) is 9.39. The van der Waals surface area contributed by atoms with Crippen molar-refractivity contribution in [2.45, 2.75) is 70.4 Å². The summed E-state index contributed by atoms with van der Waals surface area (Å²) >= 11 is 12.3. The molecule has 0 aromatic heterocycles. The molecule has 4 rings (SSSR count). The van der Waals surface area contributed by atoms with Crippen molar-refractivity contribution in [3.05, 3.63) is 109 Å². The number of carbonyl (C=O) groups excluding carboxylic acids is 2. The number of ether oxygens (including phenoxy) is 3. The standard InChI is InChI=1S/C34H37Cl2N5O6/c1-33(2,3)47-29(43)15-16-34(32(44)38-20-22-9-14-27(35)28(36)19-22)30(26-8-5-4-7-24(26)21-39-41-37)46-31(40-34)23-10-12-25(13-11-23)45-18-6-17-42/h4-5,7-14,19,30,42H,6,15-18,20-21H2,1-3H3,(H,38,44)/t30-,34-/m1/s1. The van der Waals surface area contributed by atoms with Crippen LogP contribution in [0.15, 0.2) is 76.8 Å². The van der Waals surface area contributed by atoms with Crippen LogP contribution < -0.4 is 10.1 Å². The maximum atomic E-state index is 14.4. The van der Waals surface area contributed by atoms with Gasteiger partial charge in [0.15, 0.2) is 11.6 Å². The van der Waals surface area contributed by atoms with Gasteiger partial charge >= 0.3 is 5.97 Å². The van der Waals surface area contributed by atoms with E-state index in [1.54, 1.807) is 87.5 Å². The fourth-order valence-electron chi connectivity index (χ4n) is 5.06. The van der Waals surface area contributed by atoms with Crippen molar-refractivity contribution in [1.29, 1.82) is 0 Å². The van der Waals surface area contributed by atoms with Crippen molar-refractivity contribution >= 4 is 41.0 Å². The van der Waals surface area contributed by atoms with Crippen molar-refractivity contribution in [2.75, 3.05) is 13.2 Å². The molecule has 0 radical (unpaired) electrons. The number of hydrogen-bond donors (Lipinski definition) is 2. The zero-order valence-corrected chi connectivity index (χ0v) is 27.9. The van der Waals surface area contributed by atoms with Crippen LogP contribution in [0.25, 0.3) is 10.4 Å². The fourth-order valence-corrected chi connectivity index (χ4v) is 5.38. The van der Waals surface area contributed by atoms with Crippen LogP contribution in [0.1, 0.15) is 68.4 Å². The smallest absolute Gasteiger partial charge is 0.306 e. The van der Waals surface area contributed by atoms with E-state index in [0.717, 1.165) is 0 Å². The fraction of sp³-hybridized carbons (Fsp3) is 0.382. The number of amides is 1. The molecule has 248 valence electrons. The van der Waals surface area contributed by atoms with Crippen LogP contribution in [-0.2, 0) is 32.2 Å². The van der Waals surface area contributed by atoms with Gasteiger partial charge in [-0.15, -0.1) is 0 Å². The average Bonchev–Trinajstić information content (AvgIpc) is 3.43. The van der Waals surface area contributed by atoms with Gasteiger partial charge in [-0.2, -0.15) is 0 Å². The molecule has 2 N–H and O–H groups in total. The van der Waals surface area contributed by atoms with Crippen molar-refractivity contribution in [3.63, 3.8) is 0 Å². The molecule has 0 fully saturated rings. The number of benzene rings is 3. The predicted octanol–water partition coefficient (Wildman–Crippen LogP) is 7.26. The van der Waals surface area contributed by atoms with E-state index >= 15 is 0 Å². The van der Waals surface area contributed by atoms with E-state index in [1.807, 2.05) is 0 Å². The number of halogens is 2. The average molecular weight is 683 g/mol. The van der Waals surface area contributed by atoms with Gasteiger partial charge in [-0.25, -0.2) is 4.99 Å². The number of rotatable bonds is 14. The lowest BCUT2D eigenvalue weighted by Gasteiger charge is -2.32. The molecule has 0 bridgehead atoms. The minimum absolute atomic E-state index is 0.00871. The van der Waals surface area contributed by atoms with Crippen LogP contribution in [0.3, 0.4) is 0 Å². The summed E-state index contributed by atoms with van der Waals surface area (Å²) in [5, 5.41) is 16.5. The summed E-state index contributed by atoms with van der Waals surface area (Å²) in [5.74, 6) is -0.213. The lowest BCUT2D eigenvalue weighted by molar-refractivity contribution is -0.155. The van der Waals surface area contributed by atoms with E-state index in [4.69, 9.17) is 53.0 Å². The second kappa shape index (κ2) is 16.0. The zero-order valence-electron chi connectivity index (χ0n) is 26.4. The molecule has 1 aliphatic rings. The minimum atomic E-state index is -1.63. The van der Waals surface area contributed by atoms with E-state index in [0.29, 0.717) is 51.1 Å². The van der Waals surface area contributed by atoms with Gasteiger partial charge in [-0.3, -0.25) is 9.59 Å². The number of carbonyl (C=O) groups is 2. The van der Waals surface area contributed by atoms with Crippen molar-refractivity contribution in [3.8, 4) is 5.75 Å². The van der Waals surface area contributed by atoms with Gasteiger partial charge in [-0.05, 0) is 85.8 Å². The Bertz CT molecular complexity index is 1650. The molecule has 0 unspecified atom stereocenters. The van der Waals surface area contributed by atoms with Gasteiger partial charge < -0.3 is 24.6 Å². The van der Waals surface area contributed by atoms with Crippen LogP contribution in [-0.4, -0.2) is 47.2 Å². The Morgan fingerprint density at radius 3 is 2.53 bits per heavy atom. The Kier molecular flexibility index (Phi) is 12.1. The predicted molar refractivity (Wildman–Crippen MR) is 179 cm³/mol. The SMILES string of the molecule is CC(C)(C)OC(=O)CC[C@@]1(C(=O)NCc2ccc(Cl)c(Cl)c2)N=C(c2ccc(OCCCO)cc2)O[C@@H]1c1ccccc1CN=[N+]=[N-]. The highest BCUT2D eigenvalue weighted by Gasteiger charge is 2.53. The summed E-state index contributed by atoms with van der Waals surface area (Å²) in [7, 11) is 0. The van der Waals surface area contributed by atoms with Gasteiger partial charge in [0.1, 0.15) is 11.4 Å². The first-order valence-corrected chi connectivity index (χ1v) is 15.8. The molecule has 0 saturated carbocycles. The molecule has 0 spiro atoms. The molecule has 1 heterocycles.